The molecule has 0 aliphatic heterocycles. The molecule has 0 spiro atoms. The summed E-state index contributed by atoms with van der Waals surface area (Å²) in [7, 11) is 3.39. The molecule has 2 rings (SSSR count). The minimum Gasteiger partial charge on any atom is -0.385 e. The highest BCUT2D eigenvalue weighted by atomic mass is 16.5. The van der Waals surface area contributed by atoms with E-state index in [0.29, 0.717) is 24.8 Å². The number of nitrogens with one attached hydrogen (secondary N) is 1. The van der Waals surface area contributed by atoms with Crippen LogP contribution in [0.5, 0.6) is 0 Å². The molecule has 2 aromatic rings. The van der Waals surface area contributed by atoms with Crippen LogP contribution in [-0.2, 0) is 4.74 Å². The Hall–Kier alpha value is -2.47. The Balaban J connectivity index is 2.03. The fraction of sp³-hybridized carbons (Fsp3) is 0.312. The van der Waals surface area contributed by atoms with Crippen molar-refractivity contribution in [3.8, 4) is 0 Å². The predicted molar refractivity (Wildman–Crippen MR) is 86.2 cm³/mol. The topological polar surface area (TPSA) is 67.3 Å². The standard InChI is InChI=1S/C16H20N4O2/c1-20(13-7-4-3-5-8-13)15(21)14-9-11-18-16(19-14)17-10-6-12-22-2/h3-5,7-9,11H,6,10,12H2,1-2H3,(H,17,18,19). The van der Waals surface area contributed by atoms with Crippen molar-refractivity contribution in [1.82, 2.24) is 9.97 Å². The van der Waals surface area contributed by atoms with Gasteiger partial charge in [0.1, 0.15) is 5.69 Å². The van der Waals surface area contributed by atoms with Crippen molar-refractivity contribution in [2.75, 3.05) is 37.5 Å². The maximum atomic E-state index is 12.5. The van der Waals surface area contributed by atoms with Gasteiger partial charge in [-0.3, -0.25) is 4.79 Å². The average molecular weight is 300 g/mol. The van der Waals surface area contributed by atoms with Gasteiger partial charge in [0.2, 0.25) is 5.95 Å². The number of methoxy groups -OCH3 is 1. The third-order valence-corrected chi connectivity index (χ3v) is 3.13. The third kappa shape index (κ3) is 4.26. The van der Waals surface area contributed by atoms with Crippen LogP contribution in [0.3, 0.4) is 0 Å². The van der Waals surface area contributed by atoms with Crippen molar-refractivity contribution < 1.29 is 9.53 Å². The van der Waals surface area contributed by atoms with Crippen LogP contribution in [0.4, 0.5) is 11.6 Å². The maximum absolute atomic E-state index is 12.5. The lowest BCUT2D eigenvalue weighted by Gasteiger charge is -2.16. The zero-order valence-corrected chi connectivity index (χ0v) is 12.8. The quantitative estimate of drug-likeness (QED) is 0.794. The maximum Gasteiger partial charge on any atom is 0.276 e. The smallest absolute Gasteiger partial charge is 0.276 e. The lowest BCUT2D eigenvalue weighted by molar-refractivity contribution is 0.0988. The number of amides is 1. The van der Waals surface area contributed by atoms with E-state index in [9.17, 15) is 4.79 Å². The molecule has 6 nitrogen and oxygen atoms in total. The first-order valence-corrected chi connectivity index (χ1v) is 7.11. The van der Waals surface area contributed by atoms with Crippen LogP contribution in [0.25, 0.3) is 0 Å². The molecule has 22 heavy (non-hydrogen) atoms. The summed E-state index contributed by atoms with van der Waals surface area (Å²) < 4.78 is 4.98. The molecule has 6 heteroatoms. The first-order chi connectivity index (χ1) is 10.7. The van der Waals surface area contributed by atoms with Crippen molar-refractivity contribution in [3.05, 3.63) is 48.3 Å². The summed E-state index contributed by atoms with van der Waals surface area (Å²) in [6.45, 7) is 1.36. The molecule has 0 radical (unpaired) electrons. The van der Waals surface area contributed by atoms with E-state index in [4.69, 9.17) is 4.74 Å². The molecule has 0 aliphatic carbocycles. The van der Waals surface area contributed by atoms with Crippen molar-refractivity contribution >= 4 is 17.5 Å². The van der Waals surface area contributed by atoms with Gasteiger partial charge in [-0.25, -0.2) is 9.97 Å². The summed E-state index contributed by atoms with van der Waals surface area (Å²) in [5.41, 5.74) is 1.18. The summed E-state index contributed by atoms with van der Waals surface area (Å²) in [4.78, 5) is 22.4. The van der Waals surface area contributed by atoms with Gasteiger partial charge in [-0.2, -0.15) is 0 Å². The number of carbonyl (C=O) groups excluding carboxylic acids is 1. The molecule has 0 aliphatic rings. The minimum atomic E-state index is -0.173. The molecule has 1 amide bonds. The van der Waals surface area contributed by atoms with Gasteiger partial charge in [-0.15, -0.1) is 0 Å². The van der Waals surface area contributed by atoms with Crippen LogP contribution in [0.1, 0.15) is 16.9 Å². The summed E-state index contributed by atoms with van der Waals surface area (Å²) in [6, 6.07) is 11.1. The molecule has 116 valence electrons. The van der Waals surface area contributed by atoms with E-state index in [0.717, 1.165) is 12.1 Å². The molecule has 0 unspecified atom stereocenters. The molecule has 0 fully saturated rings. The average Bonchev–Trinajstić information content (AvgIpc) is 2.58. The van der Waals surface area contributed by atoms with Crippen LogP contribution >= 0.6 is 0 Å². The van der Waals surface area contributed by atoms with Crippen LogP contribution in [0.15, 0.2) is 42.6 Å². The van der Waals surface area contributed by atoms with Crippen molar-refractivity contribution in [2.24, 2.45) is 0 Å². The van der Waals surface area contributed by atoms with Crippen LogP contribution in [0.2, 0.25) is 0 Å². The number of ether oxygens (including phenoxy) is 1. The van der Waals surface area contributed by atoms with E-state index >= 15 is 0 Å². The second kappa shape index (κ2) is 8.09. The van der Waals surface area contributed by atoms with Crippen LogP contribution < -0.4 is 10.2 Å². The molecular weight excluding hydrogens is 280 g/mol. The molecule has 0 saturated carbocycles. The minimum absolute atomic E-state index is 0.173. The number of para-hydroxylation sites is 1. The van der Waals surface area contributed by atoms with Crippen molar-refractivity contribution in [2.45, 2.75) is 6.42 Å². The van der Waals surface area contributed by atoms with E-state index < -0.39 is 0 Å². The Bertz CT molecular complexity index is 604. The first kappa shape index (κ1) is 15.9. The lowest BCUT2D eigenvalue weighted by Crippen LogP contribution is -2.27. The largest absolute Gasteiger partial charge is 0.385 e. The molecule has 1 aromatic heterocycles. The molecule has 0 saturated heterocycles. The molecule has 1 N–H and O–H groups in total. The van der Waals surface area contributed by atoms with Gasteiger partial charge in [0.05, 0.1) is 0 Å². The lowest BCUT2D eigenvalue weighted by atomic mass is 10.2. The van der Waals surface area contributed by atoms with Gasteiger partial charge < -0.3 is 15.0 Å². The van der Waals surface area contributed by atoms with Crippen LogP contribution in [-0.4, -0.2) is 43.2 Å². The zero-order chi connectivity index (χ0) is 15.8. The second-order valence-corrected chi connectivity index (χ2v) is 4.74. The number of hydrogen-bond acceptors (Lipinski definition) is 5. The van der Waals surface area contributed by atoms with Gasteiger partial charge in [-0.1, -0.05) is 18.2 Å². The highest BCUT2D eigenvalue weighted by Gasteiger charge is 2.15. The number of nitrogens with zero attached hydrogens (tertiary/aromatic N) is 3. The fourth-order valence-electron chi connectivity index (χ4n) is 1.92. The number of carbonyl (C=O) groups is 1. The first-order valence-electron chi connectivity index (χ1n) is 7.11. The van der Waals surface area contributed by atoms with Crippen molar-refractivity contribution in [3.63, 3.8) is 0 Å². The van der Waals surface area contributed by atoms with Gasteiger partial charge >= 0.3 is 0 Å². The second-order valence-electron chi connectivity index (χ2n) is 4.74. The van der Waals surface area contributed by atoms with Gasteiger partial charge in [0, 0.05) is 39.2 Å². The van der Waals surface area contributed by atoms with E-state index in [1.54, 1.807) is 31.3 Å². The zero-order valence-electron chi connectivity index (χ0n) is 12.8. The number of benzene rings is 1. The van der Waals surface area contributed by atoms with E-state index in [1.807, 2.05) is 30.3 Å². The summed E-state index contributed by atoms with van der Waals surface area (Å²) in [5, 5.41) is 3.08. The Kier molecular flexibility index (Phi) is 5.85. The normalized spacial score (nSPS) is 10.3. The fourth-order valence-corrected chi connectivity index (χ4v) is 1.92. The highest BCUT2D eigenvalue weighted by Crippen LogP contribution is 2.14. The van der Waals surface area contributed by atoms with Crippen molar-refractivity contribution in [1.29, 1.82) is 0 Å². The molecule has 1 heterocycles. The number of aromatic nitrogens is 2. The van der Waals surface area contributed by atoms with E-state index in [1.165, 1.54) is 0 Å². The molecule has 1 aromatic carbocycles. The third-order valence-electron chi connectivity index (χ3n) is 3.13. The van der Waals surface area contributed by atoms with Gasteiger partial charge in [-0.05, 0) is 24.6 Å². The summed E-state index contributed by atoms with van der Waals surface area (Å²) >= 11 is 0. The molecular formula is C16H20N4O2. The molecule has 0 bridgehead atoms. The Morgan fingerprint density at radius 1 is 1.27 bits per heavy atom. The van der Waals surface area contributed by atoms with Gasteiger partial charge in [0.25, 0.3) is 5.91 Å². The Morgan fingerprint density at radius 2 is 2.05 bits per heavy atom. The summed E-state index contributed by atoms with van der Waals surface area (Å²) in [6.07, 6.45) is 2.43. The van der Waals surface area contributed by atoms with E-state index in [2.05, 4.69) is 15.3 Å². The van der Waals surface area contributed by atoms with Gasteiger partial charge in [0.15, 0.2) is 0 Å². The Morgan fingerprint density at radius 3 is 2.77 bits per heavy atom. The number of hydrogen-bond donors (Lipinski definition) is 1. The number of rotatable bonds is 7. The molecule has 0 atom stereocenters. The Labute approximate surface area is 130 Å². The monoisotopic (exact) mass is 300 g/mol. The number of anilines is 2. The highest BCUT2D eigenvalue weighted by molar-refractivity contribution is 6.04. The van der Waals surface area contributed by atoms with E-state index in [-0.39, 0.29) is 5.91 Å². The SMILES string of the molecule is COCCCNc1nccc(C(=O)N(C)c2ccccc2)n1. The summed E-state index contributed by atoms with van der Waals surface area (Å²) in [5.74, 6) is 0.275. The predicted octanol–water partition coefficient (Wildman–Crippen LogP) is 2.20. The van der Waals surface area contributed by atoms with Crippen LogP contribution in [0, 0.1) is 0 Å².